The Bertz CT molecular complexity index is 842. The van der Waals surface area contributed by atoms with Crippen LogP contribution in [0.2, 0.25) is 0 Å². The maximum absolute atomic E-state index is 12.5. The van der Waals surface area contributed by atoms with E-state index < -0.39 is 16.0 Å². The van der Waals surface area contributed by atoms with Crippen LogP contribution in [0, 0.1) is 0 Å². The van der Waals surface area contributed by atoms with E-state index in [1.165, 1.54) is 31.4 Å². The van der Waals surface area contributed by atoms with E-state index in [0.29, 0.717) is 6.54 Å². The molecule has 1 fully saturated rings. The summed E-state index contributed by atoms with van der Waals surface area (Å²) in [7, 11) is -2.42. The minimum absolute atomic E-state index is 0.0641. The van der Waals surface area contributed by atoms with Crippen LogP contribution in [0.4, 0.5) is 0 Å². The number of hydrogen-bond donors (Lipinski definition) is 1. The molecule has 0 amide bonds. The number of methoxy groups -OCH3 is 1. The van der Waals surface area contributed by atoms with Gasteiger partial charge in [0.05, 0.1) is 17.6 Å². The minimum atomic E-state index is -3.68. The smallest absolute Gasteiger partial charge is 0.337 e. The van der Waals surface area contributed by atoms with E-state index in [4.69, 9.17) is 0 Å². The fourth-order valence-electron chi connectivity index (χ4n) is 2.73. The molecule has 6 heteroatoms. The molecular weight excluding hydrogens is 326 g/mol. The minimum Gasteiger partial charge on any atom is -0.465 e. The summed E-state index contributed by atoms with van der Waals surface area (Å²) in [4.78, 5) is 11.6. The van der Waals surface area contributed by atoms with Crippen molar-refractivity contribution in [2.45, 2.75) is 23.2 Å². The Morgan fingerprint density at radius 3 is 2.46 bits per heavy atom. The van der Waals surface area contributed by atoms with Gasteiger partial charge in [0.1, 0.15) is 0 Å². The summed E-state index contributed by atoms with van der Waals surface area (Å²) >= 11 is 0. The van der Waals surface area contributed by atoms with E-state index in [2.05, 4.69) is 9.46 Å². The molecule has 0 bridgehead atoms. The monoisotopic (exact) mass is 345 g/mol. The number of hydrogen-bond acceptors (Lipinski definition) is 4. The average Bonchev–Trinajstić information content (AvgIpc) is 3.42. The Morgan fingerprint density at radius 2 is 1.83 bits per heavy atom. The Labute approximate surface area is 141 Å². The number of ether oxygens (including phenoxy) is 1. The summed E-state index contributed by atoms with van der Waals surface area (Å²) < 4.78 is 32.4. The highest BCUT2D eigenvalue weighted by Gasteiger charge is 2.44. The summed E-state index contributed by atoms with van der Waals surface area (Å²) in [5.41, 5.74) is 1.24. The summed E-state index contributed by atoms with van der Waals surface area (Å²) in [6.07, 6.45) is 1.92. The van der Waals surface area contributed by atoms with Gasteiger partial charge in [-0.2, -0.15) is 0 Å². The van der Waals surface area contributed by atoms with E-state index >= 15 is 0 Å². The average molecular weight is 345 g/mol. The van der Waals surface area contributed by atoms with Crippen LogP contribution in [0.25, 0.3) is 0 Å². The maximum Gasteiger partial charge on any atom is 0.337 e. The zero-order chi connectivity index (χ0) is 17.2. The first-order valence-electron chi connectivity index (χ1n) is 7.70. The van der Waals surface area contributed by atoms with Crippen LogP contribution in [-0.4, -0.2) is 28.0 Å². The quantitative estimate of drug-likeness (QED) is 0.817. The molecule has 2 aromatic carbocycles. The van der Waals surface area contributed by atoms with Crippen LogP contribution < -0.4 is 4.72 Å². The summed E-state index contributed by atoms with van der Waals surface area (Å²) in [5, 5.41) is 0. The lowest BCUT2D eigenvalue weighted by atomic mass is 9.96. The number of esters is 1. The van der Waals surface area contributed by atoms with E-state index in [9.17, 15) is 13.2 Å². The van der Waals surface area contributed by atoms with Crippen LogP contribution in [0.1, 0.15) is 28.8 Å². The summed E-state index contributed by atoms with van der Waals surface area (Å²) in [5.74, 6) is -0.560. The molecule has 1 saturated carbocycles. The van der Waals surface area contributed by atoms with Crippen molar-refractivity contribution < 1.29 is 17.9 Å². The molecule has 1 aliphatic rings. The number of benzene rings is 2. The summed E-state index contributed by atoms with van der Waals surface area (Å²) in [6.45, 7) is 0.349. The zero-order valence-electron chi connectivity index (χ0n) is 13.4. The first-order chi connectivity index (χ1) is 11.5. The number of rotatable bonds is 6. The fraction of sp³-hybridized carbons (Fsp3) is 0.278. The van der Waals surface area contributed by atoms with Gasteiger partial charge in [0, 0.05) is 12.0 Å². The molecule has 126 valence electrons. The number of carbonyl (C=O) groups excluding carboxylic acids is 1. The van der Waals surface area contributed by atoms with Crippen molar-refractivity contribution >= 4 is 16.0 Å². The second-order valence-corrected chi connectivity index (χ2v) is 7.76. The predicted molar refractivity (Wildman–Crippen MR) is 90.3 cm³/mol. The lowest BCUT2D eigenvalue weighted by Gasteiger charge is -2.17. The van der Waals surface area contributed by atoms with Crippen molar-refractivity contribution in [3.8, 4) is 0 Å². The maximum atomic E-state index is 12.5. The molecule has 1 aliphatic carbocycles. The van der Waals surface area contributed by atoms with Crippen molar-refractivity contribution in [1.82, 2.24) is 4.72 Å². The molecule has 0 radical (unpaired) electrons. The second-order valence-electron chi connectivity index (χ2n) is 5.99. The highest BCUT2D eigenvalue weighted by atomic mass is 32.2. The number of nitrogens with one attached hydrogen (secondary N) is 1. The third kappa shape index (κ3) is 3.34. The molecule has 1 N–H and O–H groups in total. The Hall–Kier alpha value is -2.18. The first-order valence-corrected chi connectivity index (χ1v) is 9.19. The Kier molecular flexibility index (Phi) is 4.43. The zero-order valence-corrected chi connectivity index (χ0v) is 14.2. The summed E-state index contributed by atoms with van der Waals surface area (Å²) in [6, 6.07) is 15.8. The molecule has 0 unspecified atom stereocenters. The van der Waals surface area contributed by atoms with Crippen LogP contribution >= 0.6 is 0 Å². The Balaban J connectivity index is 1.77. The molecular formula is C18H19NO4S. The molecule has 24 heavy (non-hydrogen) atoms. The lowest BCUT2D eigenvalue weighted by molar-refractivity contribution is 0.0600. The van der Waals surface area contributed by atoms with Crippen molar-refractivity contribution in [3.05, 3.63) is 65.7 Å². The molecule has 3 rings (SSSR count). The van der Waals surface area contributed by atoms with Crippen molar-refractivity contribution in [2.24, 2.45) is 0 Å². The normalized spacial score (nSPS) is 15.7. The molecule has 0 heterocycles. The Morgan fingerprint density at radius 1 is 1.12 bits per heavy atom. The van der Waals surface area contributed by atoms with E-state index in [1.54, 1.807) is 0 Å². The first kappa shape index (κ1) is 16.7. The van der Waals surface area contributed by atoms with Gasteiger partial charge in [-0.05, 0) is 36.6 Å². The fourth-order valence-corrected chi connectivity index (χ4v) is 3.91. The molecule has 2 aromatic rings. The number of carbonyl (C=O) groups is 1. The van der Waals surface area contributed by atoms with Crippen LogP contribution in [-0.2, 0) is 20.2 Å². The SMILES string of the molecule is COC(=O)c1cccc(S(=O)(=O)NCC2(c3ccccc3)CC2)c1. The van der Waals surface area contributed by atoms with E-state index in [1.807, 2.05) is 30.3 Å². The van der Waals surface area contributed by atoms with Gasteiger partial charge in [-0.15, -0.1) is 0 Å². The third-order valence-electron chi connectivity index (χ3n) is 4.41. The van der Waals surface area contributed by atoms with Gasteiger partial charge in [0.2, 0.25) is 10.0 Å². The van der Waals surface area contributed by atoms with Crippen molar-refractivity contribution in [2.75, 3.05) is 13.7 Å². The van der Waals surface area contributed by atoms with Crippen LogP contribution in [0.5, 0.6) is 0 Å². The van der Waals surface area contributed by atoms with Gasteiger partial charge in [-0.1, -0.05) is 36.4 Å². The van der Waals surface area contributed by atoms with Gasteiger partial charge in [0.25, 0.3) is 0 Å². The molecule has 0 aromatic heterocycles. The third-order valence-corrected chi connectivity index (χ3v) is 5.80. The molecule has 0 spiro atoms. The van der Waals surface area contributed by atoms with Gasteiger partial charge >= 0.3 is 5.97 Å². The van der Waals surface area contributed by atoms with Crippen molar-refractivity contribution in [1.29, 1.82) is 0 Å². The van der Waals surface area contributed by atoms with Crippen molar-refractivity contribution in [3.63, 3.8) is 0 Å². The second kappa shape index (κ2) is 6.37. The van der Waals surface area contributed by atoms with Gasteiger partial charge in [-0.25, -0.2) is 17.9 Å². The van der Waals surface area contributed by atoms with Gasteiger partial charge < -0.3 is 4.74 Å². The molecule has 0 aliphatic heterocycles. The molecule has 0 atom stereocenters. The topological polar surface area (TPSA) is 72.5 Å². The van der Waals surface area contributed by atoms with E-state index in [0.717, 1.165) is 18.4 Å². The predicted octanol–water partition coefficient (Wildman–Crippen LogP) is 2.48. The lowest BCUT2D eigenvalue weighted by Crippen LogP contribution is -2.32. The standard InChI is InChI=1S/C18H19NO4S/c1-23-17(20)14-6-5-9-16(12-14)24(21,22)19-13-18(10-11-18)15-7-3-2-4-8-15/h2-9,12,19H,10-11,13H2,1H3. The highest BCUT2D eigenvalue weighted by molar-refractivity contribution is 7.89. The largest absolute Gasteiger partial charge is 0.465 e. The van der Waals surface area contributed by atoms with Crippen LogP contribution in [0.3, 0.4) is 0 Å². The van der Waals surface area contributed by atoms with Crippen LogP contribution in [0.15, 0.2) is 59.5 Å². The molecule has 5 nitrogen and oxygen atoms in total. The highest BCUT2D eigenvalue weighted by Crippen LogP contribution is 2.47. The van der Waals surface area contributed by atoms with Gasteiger partial charge in [0.15, 0.2) is 0 Å². The van der Waals surface area contributed by atoms with Gasteiger partial charge in [-0.3, -0.25) is 0 Å². The van der Waals surface area contributed by atoms with E-state index in [-0.39, 0.29) is 15.9 Å². The number of sulfonamides is 1. The molecule has 0 saturated heterocycles.